The Labute approximate surface area is 253 Å². The lowest BCUT2D eigenvalue weighted by Gasteiger charge is -2.20. The molecule has 2 aromatic heterocycles. The number of rotatable bonds is 13. The lowest BCUT2D eigenvalue weighted by atomic mass is 9.91. The van der Waals surface area contributed by atoms with Gasteiger partial charge in [0.1, 0.15) is 11.2 Å². The van der Waals surface area contributed by atoms with E-state index in [-0.39, 0.29) is 30.3 Å². The number of carbonyl (C=O) groups is 3. The standard InChI is InChI=1S/C32H29N5O6S/c38-29(32-37-25-13-7-8-14-27(25)43-32)24(23-11-5-2-6-12-23)15-16-35-31(40)28(20-36-30(39)26-19-33-17-18-34-26)44(41,42)21-22-9-3-1-4-10-22/h1-14,17-19,24,28H,15-16,20-21H2,(H,35,40)(H,36,39). The van der Waals surface area contributed by atoms with Gasteiger partial charge in [-0.25, -0.2) is 18.4 Å². The molecule has 0 saturated heterocycles. The molecule has 224 valence electrons. The zero-order valence-electron chi connectivity index (χ0n) is 23.5. The fourth-order valence-corrected chi connectivity index (χ4v) is 6.30. The average Bonchev–Trinajstić information content (AvgIpc) is 3.48. The van der Waals surface area contributed by atoms with E-state index >= 15 is 0 Å². The molecule has 11 nitrogen and oxygen atoms in total. The predicted octanol–water partition coefficient (Wildman–Crippen LogP) is 3.50. The number of Topliss-reactive ketones (excluding diaryl/α,β-unsaturated/α-hetero) is 1. The summed E-state index contributed by atoms with van der Waals surface area (Å²) in [6.45, 7) is -0.514. The van der Waals surface area contributed by atoms with Crippen LogP contribution in [0.3, 0.4) is 0 Å². The van der Waals surface area contributed by atoms with E-state index in [1.165, 1.54) is 18.6 Å². The molecule has 0 saturated carbocycles. The van der Waals surface area contributed by atoms with Gasteiger partial charge in [0.05, 0.1) is 17.9 Å². The molecule has 2 N–H and O–H groups in total. The zero-order chi connectivity index (χ0) is 30.9. The number of aromatic nitrogens is 3. The van der Waals surface area contributed by atoms with E-state index in [9.17, 15) is 22.8 Å². The molecule has 2 heterocycles. The summed E-state index contributed by atoms with van der Waals surface area (Å²) in [6, 6.07) is 24.5. The largest absolute Gasteiger partial charge is 0.434 e. The monoisotopic (exact) mass is 611 g/mol. The van der Waals surface area contributed by atoms with Crippen LogP contribution < -0.4 is 10.6 Å². The van der Waals surface area contributed by atoms with Crippen molar-refractivity contribution >= 4 is 38.5 Å². The van der Waals surface area contributed by atoms with Crippen molar-refractivity contribution in [3.05, 3.63) is 126 Å². The van der Waals surface area contributed by atoms with Crippen molar-refractivity contribution < 1.29 is 27.2 Å². The zero-order valence-corrected chi connectivity index (χ0v) is 24.3. The minimum absolute atomic E-state index is 0.0180. The number of hydrogen-bond donors (Lipinski definition) is 2. The second kappa shape index (κ2) is 13.8. The van der Waals surface area contributed by atoms with E-state index in [1.54, 1.807) is 78.9 Å². The van der Waals surface area contributed by atoms with E-state index in [0.717, 1.165) is 0 Å². The van der Waals surface area contributed by atoms with Gasteiger partial charge in [-0.2, -0.15) is 0 Å². The van der Waals surface area contributed by atoms with Gasteiger partial charge in [0.2, 0.25) is 11.7 Å². The number of oxazole rings is 1. The Morgan fingerprint density at radius 2 is 1.55 bits per heavy atom. The summed E-state index contributed by atoms with van der Waals surface area (Å²) in [7, 11) is -4.08. The maximum Gasteiger partial charge on any atom is 0.271 e. The number of para-hydroxylation sites is 2. The molecule has 3 aromatic carbocycles. The Balaban J connectivity index is 1.32. The van der Waals surface area contributed by atoms with Gasteiger partial charge in [-0.15, -0.1) is 0 Å². The third-order valence-corrected chi connectivity index (χ3v) is 8.92. The summed E-state index contributed by atoms with van der Waals surface area (Å²) in [5.41, 5.74) is 2.20. The number of benzene rings is 3. The first-order chi connectivity index (χ1) is 21.3. The topological polar surface area (TPSA) is 161 Å². The Morgan fingerprint density at radius 1 is 0.841 bits per heavy atom. The molecule has 2 amide bonds. The maximum absolute atomic E-state index is 13.6. The van der Waals surface area contributed by atoms with E-state index in [1.807, 2.05) is 6.07 Å². The fraction of sp³-hybridized carbons (Fsp3) is 0.188. The number of carbonyl (C=O) groups excluding carboxylic acids is 3. The molecule has 44 heavy (non-hydrogen) atoms. The highest BCUT2D eigenvalue weighted by molar-refractivity contribution is 7.92. The molecule has 5 aromatic rings. The Hall–Kier alpha value is -5.23. The second-order valence-corrected chi connectivity index (χ2v) is 12.2. The summed E-state index contributed by atoms with van der Waals surface area (Å²) < 4.78 is 32.7. The van der Waals surface area contributed by atoms with Gasteiger partial charge in [0.25, 0.3) is 11.8 Å². The lowest BCUT2D eigenvalue weighted by Crippen LogP contribution is -2.48. The van der Waals surface area contributed by atoms with Crippen LogP contribution >= 0.6 is 0 Å². The molecule has 0 aliphatic rings. The van der Waals surface area contributed by atoms with Crippen LogP contribution in [0.4, 0.5) is 0 Å². The van der Waals surface area contributed by atoms with Crippen molar-refractivity contribution in [3.8, 4) is 0 Å². The minimum atomic E-state index is -4.08. The van der Waals surface area contributed by atoms with Crippen molar-refractivity contribution in [3.63, 3.8) is 0 Å². The van der Waals surface area contributed by atoms with Gasteiger partial charge in [-0.3, -0.25) is 19.4 Å². The summed E-state index contributed by atoms with van der Waals surface area (Å²) in [5.74, 6) is -3.02. The number of nitrogens with zero attached hydrogens (tertiary/aromatic N) is 3. The summed E-state index contributed by atoms with van der Waals surface area (Å²) in [6.07, 6.45) is 4.11. The van der Waals surface area contributed by atoms with E-state index < -0.39 is 45.1 Å². The van der Waals surface area contributed by atoms with Crippen LogP contribution in [-0.2, 0) is 20.4 Å². The molecule has 0 fully saturated rings. The fourth-order valence-electron chi connectivity index (χ4n) is 4.70. The third kappa shape index (κ3) is 7.39. The molecule has 0 aliphatic carbocycles. The van der Waals surface area contributed by atoms with Crippen LogP contribution in [0.1, 0.15) is 44.6 Å². The van der Waals surface area contributed by atoms with Gasteiger partial charge in [-0.1, -0.05) is 72.8 Å². The number of amides is 2. The summed E-state index contributed by atoms with van der Waals surface area (Å²) in [4.78, 5) is 51.7. The van der Waals surface area contributed by atoms with E-state index in [4.69, 9.17) is 4.42 Å². The van der Waals surface area contributed by atoms with Gasteiger partial charge in [-0.05, 0) is 29.7 Å². The van der Waals surface area contributed by atoms with Crippen LogP contribution in [0.15, 0.2) is 108 Å². The number of ketones is 1. The highest BCUT2D eigenvalue weighted by Crippen LogP contribution is 2.26. The van der Waals surface area contributed by atoms with Crippen LogP contribution in [0.5, 0.6) is 0 Å². The molecular formula is C32H29N5O6S. The normalized spacial score (nSPS) is 12.7. The quantitative estimate of drug-likeness (QED) is 0.190. The molecule has 0 aliphatic heterocycles. The molecule has 0 spiro atoms. The lowest BCUT2D eigenvalue weighted by molar-refractivity contribution is -0.120. The predicted molar refractivity (Wildman–Crippen MR) is 162 cm³/mol. The SMILES string of the molecule is O=C(NCC(C(=O)NCCC(C(=O)c1nc2ccccc2o1)c1ccccc1)S(=O)(=O)Cc1ccccc1)c1cnccn1. The Bertz CT molecular complexity index is 1810. The number of fused-ring (bicyclic) bond motifs is 1. The first-order valence-electron chi connectivity index (χ1n) is 13.8. The molecular weight excluding hydrogens is 582 g/mol. The Morgan fingerprint density at radius 3 is 2.25 bits per heavy atom. The van der Waals surface area contributed by atoms with Crippen molar-refractivity contribution in [1.29, 1.82) is 0 Å². The van der Waals surface area contributed by atoms with Crippen LogP contribution in [0.25, 0.3) is 11.1 Å². The minimum Gasteiger partial charge on any atom is -0.434 e. The highest BCUT2D eigenvalue weighted by atomic mass is 32.2. The average molecular weight is 612 g/mol. The number of hydrogen-bond acceptors (Lipinski definition) is 9. The van der Waals surface area contributed by atoms with Crippen LogP contribution in [0, 0.1) is 0 Å². The summed E-state index contributed by atoms with van der Waals surface area (Å²) in [5, 5.41) is 3.56. The van der Waals surface area contributed by atoms with E-state index in [2.05, 4.69) is 25.6 Å². The molecule has 0 bridgehead atoms. The first-order valence-corrected chi connectivity index (χ1v) is 15.6. The number of nitrogens with one attached hydrogen (secondary N) is 2. The van der Waals surface area contributed by atoms with E-state index in [0.29, 0.717) is 22.2 Å². The molecule has 2 unspecified atom stereocenters. The van der Waals surface area contributed by atoms with Crippen molar-refractivity contribution in [2.75, 3.05) is 13.1 Å². The van der Waals surface area contributed by atoms with Crippen LogP contribution in [-0.4, -0.2) is 59.3 Å². The van der Waals surface area contributed by atoms with Crippen LogP contribution in [0.2, 0.25) is 0 Å². The smallest absolute Gasteiger partial charge is 0.271 e. The van der Waals surface area contributed by atoms with Crippen molar-refractivity contribution in [1.82, 2.24) is 25.6 Å². The maximum atomic E-state index is 13.6. The third-order valence-electron chi connectivity index (χ3n) is 6.94. The Kier molecular flexibility index (Phi) is 9.50. The van der Waals surface area contributed by atoms with Crippen molar-refractivity contribution in [2.24, 2.45) is 0 Å². The van der Waals surface area contributed by atoms with Gasteiger partial charge < -0.3 is 15.1 Å². The molecule has 2 atom stereocenters. The van der Waals surface area contributed by atoms with Gasteiger partial charge in [0, 0.05) is 25.5 Å². The molecule has 5 rings (SSSR count). The molecule has 0 radical (unpaired) electrons. The van der Waals surface area contributed by atoms with Crippen molar-refractivity contribution in [2.45, 2.75) is 23.3 Å². The second-order valence-electron chi connectivity index (χ2n) is 9.98. The van der Waals surface area contributed by atoms with Gasteiger partial charge >= 0.3 is 0 Å². The summed E-state index contributed by atoms with van der Waals surface area (Å²) >= 11 is 0. The van der Waals surface area contributed by atoms with Gasteiger partial charge in [0.15, 0.2) is 20.7 Å². The highest BCUT2D eigenvalue weighted by Gasteiger charge is 2.34. The number of sulfone groups is 1. The molecule has 12 heteroatoms. The first kappa shape index (κ1) is 30.2.